The Bertz CT molecular complexity index is 393. The Morgan fingerprint density at radius 1 is 1.59 bits per heavy atom. The van der Waals surface area contributed by atoms with E-state index >= 15 is 0 Å². The van der Waals surface area contributed by atoms with Crippen molar-refractivity contribution < 1.29 is 14.6 Å². The zero-order chi connectivity index (χ0) is 12.3. The van der Waals surface area contributed by atoms with Crippen LogP contribution in [0.5, 0.6) is 0 Å². The molecule has 6 nitrogen and oxygen atoms in total. The van der Waals surface area contributed by atoms with Crippen molar-refractivity contribution in [1.82, 2.24) is 10.2 Å². The van der Waals surface area contributed by atoms with Gasteiger partial charge in [-0.1, -0.05) is 6.92 Å². The van der Waals surface area contributed by atoms with Crippen molar-refractivity contribution in [2.75, 3.05) is 24.7 Å². The molecule has 1 atom stereocenters. The van der Waals surface area contributed by atoms with Crippen molar-refractivity contribution in [3.63, 3.8) is 0 Å². The second-order valence-electron chi connectivity index (χ2n) is 3.91. The molecule has 1 aromatic heterocycles. The lowest BCUT2D eigenvalue weighted by Gasteiger charge is -2.35. The highest BCUT2D eigenvalue weighted by atomic mass is 16.5. The van der Waals surface area contributed by atoms with Gasteiger partial charge < -0.3 is 14.7 Å². The van der Waals surface area contributed by atoms with Gasteiger partial charge in [-0.3, -0.25) is 0 Å². The molecule has 2 rings (SSSR count). The van der Waals surface area contributed by atoms with Gasteiger partial charge in [0.15, 0.2) is 11.5 Å². The summed E-state index contributed by atoms with van der Waals surface area (Å²) in [6.45, 7) is 4.20. The number of carboxylic acid groups (broad SMARTS) is 1. The first-order chi connectivity index (χ1) is 8.22. The number of hydrogen-bond acceptors (Lipinski definition) is 5. The highest BCUT2D eigenvalue weighted by Gasteiger charge is 2.23. The molecule has 0 spiro atoms. The normalized spacial score (nSPS) is 20.3. The van der Waals surface area contributed by atoms with Crippen molar-refractivity contribution in [3.05, 3.63) is 17.8 Å². The second kappa shape index (κ2) is 5.09. The van der Waals surface area contributed by atoms with E-state index < -0.39 is 5.97 Å². The van der Waals surface area contributed by atoms with Gasteiger partial charge in [-0.15, -0.1) is 10.2 Å². The van der Waals surface area contributed by atoms with Crippen LogP contribution in [0.2, 0.25) is 0 Å². The summed E-state index contributed by atoms with van der Waals surface area (Å²) in [6, 6.07) is 3.46. The summed E-state index contributed by atoms with van der Waals surface area (Å²) < 4.78 is 5.40. The quantitative estimate of drug-likeness (QED) is 0.837. The lowest BCUT2D eigenvalue weighted by molar-refractivity contribution is 0.0689. The standard InChI is InChI=1S/C11H15N3O3/c1-2-8-7-17-6-5-14(8)10-4-3-9(11(15)16)12-13-10/h3-4,8H,2,5-7H2,1H3,(H,15,16). The highest BCUT2D eigenvalue weighted by molar-refractivity contribution is 5.85. The van der Waals surface area contributed by atoms with Crippen molar-refractivity contribution in [1.29, 1.82) is 0 Å². The number of rotatable bonds is 3. The van der Waals surface area contributed by atoms with Crippen molar-refractivity contribution >= 4 is 11.8 Å². The first kappa shape index (κ1) is 11.8. The minimum atomic E-state index is -1.06. The molecule has 6 heteroatoms. The maximum atomic E-state index is 10.7. The fourth-order valence-corrected chi connectivity index (χ4v) is 1.89. The smallest absolute Gasteiger partial charge is 0.356 e. The molecule has 0 saturated carbocycles. The molecule has 1 aromatic rings. The Labute approximate surface area is 99.2 Å². The van der Waals surface area contributed by atoms with E-state index in [9.17, 15) is 4.79 Å². The third kappa shape index (κ3) is 2.52. The van der Waals surface area contributed by atoms with Crippen molar-refractivity contribution in [2.24, 2.45) is 0 Å². The van der Waals surface area contributed by atoms with Crippen LogP contribution in [-0.4, -0.2) is 47.1 Å². The molecular formula is C11H15N3O3. The Morgan fingerprint density at radius 3 is 3.00 bits per heavy atom. The molecule has 0 amide bonds. The third-order valence-electron chi connectivity index (χ3n) is 2.86. The molecule has 0 radical (unpaired) electrons. The molecule has 1 aliphatic heterocycles. The number of carboxylic acids is 1. The second-order valence-corrected chi connectivity index (χ2v) is 3.91. The molecule has 2 heterocycles. The Hall–Kier alpha value is -1.69. The topological polar surface area (TPSA) is 75.5 Å². The van der Waals surface area contributed by atoms with E-state index in [2.05, 4.69) is 22.0 Å². The summed E-state index contributed by atoms with van der Waals surface area (Å²) in [7, 11) is 0. The Balaban J connectivity index is 2.17. The van der Waals surface area contributed by atoms with E-state index in [1.807, 2.05) is 0 Å². The van der Waals surface area contributed by atoms with Crippen LogP contribution in [0, 0.1) is 0 Å². The third-order valence-corrected chi connectivity index (χ3v) is 2.86. The van der Waals surface area contributed by atoms with E-state index in [0.29, 0.717) is 19.0 Å². The number of aromatic nitrogens is 2. The summed E-state index contributed by atoms with van der Waals surface area (Å²) in [5, 5.41) is 16.4. The van der Waals surface area contributed by atoms with Crippen LogP contribution in [0.15, 0.2) is 12.1 Å². The molecule has 1 N–H and O–H groups in total. The molecule has 0 aliphatic carbocycles. The van der Waals surface area contributed by atoms with Gasteiger partial charge in [0.2, 0.25) is 0 Å². The highest BCUT2D eigenvalue weighted by Crippen LogP contribution is 2.18. The molecule has 0 aromatic carbocycles. The zero-order valence-corrected chi connectivity index (χ0v) is 9.67. The van der Waals surface area contributed by atoms with Gasteiger partial charge in [0.25, 0.3) is 0 Å². The van der Waals surface area contributed by atoms with E-state index in [1.54, 1.807) is 6.07 Å². The number of carbonyl (C=O) groups is 1. The summed E-state index contributed by atoms with van der Waals surface area (Å²) in [5.74, 6) is -0.344. The minimum Gasteiger partial charge on any atom is -0.476 e. The summed E-state index contributed by atoms with van der Waals surface area (Å²) in [4.78, 5) is 12.8. The van der Waals surface area contributed by atoms with E-state index in [-0.39, 0.29) is 11.7 Å². The molecule has 1 saturated heterocycles. The fourth-order valence-electron chi connectivity index (χ4n) is 1.89. The average molecular weight is 237 g/mol. The SMILES string of the molecule is CCC1COCCN1c1ccc(C(=O)O)nn1. The van der Waals surface area contributed by atoms with E-state index in [1.165, 1.54) is 6.07 Å². The van der Waals surface area contributed by atoms with Crippen LogP contribution in [0.3, 0.4) is 0 Å². The monoisotopic (exact) mass is 237 g/mol. The minimum absolute atomic E-state index is 0.0324. The first-order valence-corrected chi connectivity index (χ1v) is 5.63. The van der Waals surface area contributed by atoms with Gasteiger partial charge in [-0.25, -0.2) is 4.79 Å². The zero-order valence-electron chi connectivity index (χ0n) is 9.67. The number of anilines is 1. The van der Waals surface area contributed by atoms with Crippen LogP contribution in [0.1, 0.15) is 23.8 Å². The molecule has 1 unspecified atom stereocenters. The number of aromatic carboxylic acids is 1. The van der Waals surface area contributed by atoms with Gasteiger partial charge in [0, 0.05) is 6.54 Å². The van der Waals surface area contributed by atoms with Crippen LogP contribution >= 0.6 is 0 Å². The predicted octanol–water partition coefficient (Wildman–Crippen LogP) is 0.790. The summed E-state index contributed by atoms with van der Waals surface area (Å²) >= 11 is 0. The summed E-state index contributed by atoms with van der Waals surface area (Å²) in [6.07, 6.45) is 0.961. The van der Waals surface area contributed by atoms with Gasteiger partial charge in [-0.05, 0) is 18.6 Å². The van der Waals surface area contributed by atoms with Gasteiger partial charge in [0.1, 0.15) is 0 Å². The van der Waals surface area contributed by atoms with Gasteiger partial charge >= 0.3 is 5.97 Å². The Morgan fingerprint density at radius 2 is 2.41 bits per heavy atom. The van der Waals surface area contributed by atoms with E-state index in [0.717, 1.165) is 13.0 Å². The molecule has 1 aliphatic rings. The largest absolute Gasteiger partial charge is 0.476 e. The number of morpholine rings is 1. The summed E-state index contributed by atoms with van der Waals surface area (Å²) in [5.41, 5.74) is -0.0324. The van der Waals surface area contributed by atoms with Crippen LogP contribution < -0.4 is 4.90 Å². The molecular weight excluding hydrogens is 222 g/mol. The molecule has 1 fully saturated rings. The Kier molecular flexibility index (Phi) is 3.53. The maximum Gasteiger partial charge on any atom is 0.356 e. The maximum absolute atomic E-state index is 10.7. The van der Waals surface area contributed by atoms with Crippen molar-refractivity contribution in [3.8, 4) is 0 Å². The van der Waals surface area contributed by atoms with Gasteiger partial charge in [-0.2, -0.15) is 0 Å². The molecule has 92 valence electrons. The lowest BCUT2D eigenvalue weighted by atomic mass is 10.2. The van der Waals surface area contributed by atoms with E-state index in [4.69, 9.17) is 9.84 Å². The molecule has 0 bridgehead atoms. The van der Waals surface area contributed by atoms with Crippen molar-refractivity contribution in [2.45, 2.75) is 19.4 Å². The number of ether oxygens (including phenoxy) is 1. The van der Waals surface area contributed by atoms with Crippen LogP contribution in [-0.2, 0) is 4.74 Å². The molecule has 17 heavy (non-hydrogen) atoms. The average Bonchev–Trinajstić information content (AvgIpc) is 2.39. The number of hydrogen-bond donors (Lipinski definition) is 1. The number of nitrogens with zero attached hydrogens (tertiary/aromatic N) is 3. The first-order valence-electron chi connectivity index (χ1n) is 5.63. The predicted molar refractivity (Wildman–Crippen MR) is 61.2 cm³/mol. The van der Waals surface area contributed by atoms with Crippen LogP contribution in [0.4, 0.5) is 5.82 Å². The van der Waals surface area contributed by atoms with Gasteiger partial charge in [0.05, 0.1) is 19.3 Å². The fraction of sp³-hybridized carbons (Fsp3) is 0.545. The lowest BCUT2D eigenvalue weighted by Crippen LogP contribution is -2.45. The van der Waals surface area contributed by atoms with Crippen LogP contribution in [0.25, 0.3) is 0 Å².